The molecular formula is C12H21N. The zero-order valence-electron chi connectivity index (χ0n) is 8.96. The number of benzene rings is 1. The van der Waals surface area contributed by atoms with E-state index in [1.807, 2.05) is 6.92 Å². The molecule has 1 nitrogen and oxygen atoms in total. The Labute approximate surface area is 82.0 Å². The van der Waals surface area contributed by atoms with Crippen molar-refractivity contribution in [1.82, 2.24) is 0 Å². The first-order valence-corrected chi connectivity index (χ1v) is 5.01. The molecular weight excluding hydrogens is 158 g/mol. The molecule has 74 valence electrons. The molecule has 0 aliphatic heterocycles. The SMILES string of the molecule is CCC(C)c1ccccc1.CCN. The molecule has 1 aromatic carbocycles. The molecule has 0 bridgehead atoms. The van der Waals surface area contributed by atoms with Crippen molar-refractivity contribution in [2.75, 3.05) is 6.54 Å². The molecule has 1 atom stereocenters. The summed E-state index contributed by atoms with van der Waals surface area (Å²) in [5, 5.41) is 0. The maximum absolute atomic E-state index is 4.85. The highest BCUT2D eigenvalue weighted by Crippen LogP contribution is 2.16. The van der Waals surface area contributed by atoms with Gasteiger partial charge in [0.2, 0.25) is 0 Å². The van der Waals surface area contributed by atoms with Gasteiger partial charge in [-0.15, -0.1) is 0 Å². The van der Waals surface area contributed by atoms with E-state index in [1.165, 1.54) is 12.0 Å². The maximum atomic E-state index is 4.85. The van der Waals surface area contributed by atoms with Gasteiger partial charge in [-0.05, 0) is 24.4 Å². The van der Waals surface area contributed by atoms with E-state index in [2.05, 4.69) is 44.2 Å². The van der Waals surface area contributed by atoms with Gasteiger partial charge in [-0.1, -0.05) is 51.1 Å². The van der Waals surface area contributed by atoms with E-state index in [4.69, 9.17) is 5.73 Å². The topological polar surface area (TPSA) is 26.0 Å². The second kappa shape index (κ2) is 7.81. The zero-order valence-corrected chi connectivity index (χ0v) is 8.96. The van der Waals surface area contributed by atoms with Gasteiger partial charge in [-0.2, -0.15) is 0 Å². The lowest BCUT2D eigenvalue weighted by atomic mass is 9.99. The molecule has 0 fully saturated rings. The van der Waals surface area contributed by atoms with Crippen molar-refractivity contribution in [1.29, 1.82) is 0 Å². The summed E-state index contributed by atoms with van der Waals surface area (Å²) in [6, 6.07) is 10.6. The first-order valence-electron chi connectivity index (χ1n) is 5.01. The minimum absolute atomic E-state index is 0.709. The zero-order chi connectivity index (χ0) is 10.1. The van der Waals surface area contributed by atoms with E-state index in [0.717, 1.165) is 6.54 Å². The minimum Gasteiger partial charge on any atom is -0.331 e. The quantitative estimate of drug-likeness (QED) is 0.741. The third kappa shape index (κ3) is 5.42. The lowest BCUT2D eigenvalue weighted by Gasteiger charge is -2.06. The van der Waals surface area contributed by atoms with E-state index in [0.29, 0.717) is 5.92 Å². The second-order valence-electron chi connectivity index (χ2n) is 3.13. The summed E-state index contributed by atoms with van der Waals surface area (Å²) >= 11 is 0. The number of hydrogen-bond donors (Lipinski definition) is 1. The molecule has 1 heteroatoms. The van der Waals surface area contributed by atoms with Crippen LogP contribution in [0.2, 0.25) is 0 Å². The highest BCUT2D eigenvalue weighted by atomic mass is 14.5. The van der Waals surface area contributed by atoms with Crippen molar-refractivity contribution in [3.63, 3.8) is 0 Å². The molecule has 1 aromatic rings. The first-order chi connectivity index (χ1) is 6.26. The van der Waals surface area contributed by atoms with Crippen molar-refractivity contribution < 1.29 is 0 Å². The molecule has 0 aliphatic carbocycles. The third-order valence-electron chi connectivity index (χ3n) is 1.98. The van der Waals surface area contributed by atoms with Crippen LogP contribution in [0.25, 0.3) is 0 Å². The smallest absolute Gasteiger partial charge is 0.0106 e. The Balaban J connectivity index is 0.000000424. The normalized spacial score (nSPS) is 11.4. The van der Waals surface area contributed by atoms with Crippen molar-refractivity contribution in [2.24, 2.45) is 5.73 Å². The molecule has 2 N–H and O–H groups in total. The predicted molar refractivity (Wildman–Crippen MR) is 59.9 cm³/mol. The molecule has 0 saturated carbocycles. The Hall–Kier alpha value is -0.820. The summed E-state index contributed by atoms with van der Waals surface area (Å²) in [6.07, 6.45) is 1.23. The van der Waals surface area contributed by atoms with E-state index >= 15 is 0 Å². The maximum Gasteiger partial charge on any atom is -0.0106 e. The van der Waals surface area contributed by atoms with Crippen LogP contribution in [-0.4, -0.2) is 6.54 Å². The van der Waals surface area contributed by atoms with Gasteiger partial charge in [0.1, 0.15) is 0 Å². The molecule has 0 amide bonds. The van der Waals surface area contributed by atoms with Crippen LogP contribution < -0.4 is 5.73 Å². The Morgan fingerprint density at radius 1 is 1.15 bits per heavy atom. The molecule has 1 rings (SSSR count). The Morgan fingerprint density at radius 3 is 2.00 bits per heavy atom. The molecule has 0 heterocycles. The average molecular weight is 179 g/mol. The summed E-state index contributed by atoms with van der Waals surface area (Å²) in [5.74, 6) is 0.709. The fourth-order valence-corrected chi connectivity index (χ4v) is 1.02. The second-order valence-corrected chi connectivity index (χ2v) is 3.13. The molecule has 1 unspecified atom stereocenters. The van der Waals surface area contributed by atoms with Crippen molar-refractivity contribution in [3.05, 3.63) is 35.9 Å². The first kappa shape index (κ1) is 12.2. The molecule has 0 aromatic heterocycles. The lowest BCUT2D eigenvalue weighted by Crippen LogP contribution is -1.88. The van der Waals surface area contributed by atoms with Crippen LogP contribution in [0, 0.1) is 0 Å². The summed E-state index contributed by atoms with van der Waals surface area (Å²) in [7, 11) is 0. The van der Waals surface area contributed by atoms with E-state index in [1.54, 1.807) is 0 Å². The largest absolute Gasteiger partial charge is 0.331 e. The number of nitrogens with two attached hydrogens (primary N) is 1. The van der Waals surface area contributed by atoms with Gasteiger partial charge in [-0.3, -0.25) is 0 Å². The van der Waals surface area contributed by atoms with Crippen LogP contribution >= 0.6 is 0 Å². The van der Waals surface area contributed by atoms with Crippen LogP contribution in [0.4, 0.5) is 0 Å². The molecule has 0 spiro atoms. The standard InChI is InChI=1S/C10H14.C2H7N/c1-3-9(2)10-7-5-4-6-8-10;1-2-3/h4-9H,3H2,1-2H3;2-3H2,1H3. The number of hydrogen-bond acceptors (Lipinski definition) is 1. The highest BCUT2D eigenvalue weighted by Gasteiger charge is 1.98. The van der Waals surface area contributed by atoms with Gasteiger partial charge in [0.05, 0.1) is 0 Å². The van der Waals surface area contributed by atoms with Gasteiger partial charge < -0.3 is 5.73 Å². The molecule has 0 aliphatic rings. The van der Waals surface area contributed by atoms with E-state index in [-0.39, 0.29) is 0 Å². The van der Waals surface area contributed by atoms with Gasteiger partial charge in [-0.25, -0.2) is 0 Å². The molecule has 0 radical (unpaired) electrons. The summed E-state index contributed by atoms with van der Waals surface area (Å²) in [4.78, 5) is 0. The van der Waals surface area contributed by atoms with Crippen LogP contribution in [0.15, 0.2) is 30.3 Å². The van der Waals surface area contributed by atoms with Gasteiger partial charge in [0.25, 0.3) is 0 Å². The summed E-state index contributed by atoms with van der Waals surface area (Å²) < 4.78 is 0. The lowest BCUT2D eigenvalue weighted by molar-refractivity contribution is 0.733. The molecule has 0 saturated heterocycles. The van der Waals surface area contributed by atoms with Crippen LogP contribution in [0.3, 0.4) is 0 Å². The van der Waals surface area contributed by atoms with Crippen molar-refractivity contribution >= 4 is 0 Å². The minimum atomic E-state index is 0.709. The van der Waals surface area contributed by atoms with Crippen LogP contribution in [-0.2, 0) is 0 Å². The molecule has 13 heavy (non-hydrogen) atoms. The van der Waals surface area contributed by atoms with E-state index in [9.17, 15) is 0 Å². The monoisotopic (exact) mass is 179 g/mol. The van der Waals surface area contributed by atoms with Gasteiger partial charge in [0.15, 0.2) is 0 Å². The van der Waals surface area contributed by atoms with Crippen LogP contribution in [0.1, 0.15) is 38.7 Å². The highest BCUT2D eigenvalue weighted by molar-refractivity contribution is 5.18. The predicted octanol–water partition coefficient (Wildman–Crippen LogP) is 3.17. The van der Waals surface area contributed by atoms with Crippen molar-refractivity contribution in [3.8, 4) is 0 Å². The summed E-state index contributed by atoms with van der Waals surface area (Å²) in [6.45, 7) is 7.13. The fraction of sp³-hybridized carbons (Fsp3) is 0.500. The van der Waals surface area contributed by atoms with Gasteiger partial charge >= 0.3 is 0 Å². The van der Waals surface area contributed by atoms with Crippen LogP contribution in [0.5, 0.6) is 0 Å². The Kier molecular flexibility index (Phi) is 7.32. The Bertz CT molecular complexity index is 194. The average Bonchev–Trinajstić information content (AvgIpc) is 2.19. The summed E-state index contributed by atoms with van der Waals surface area (Å²) in [5.41, 5.74) is 6.30. The fourth-order valence-electron chi connectivity index (χ4n) is 1.02. The Morgan fingerprint density at radius 2 is 1.62 bits per heavy atom. The van der Waals surface area contributed by atoms with E-state index < -0.39 is 0 Å². The van der Waals surface area contributed by atoms with Crippen molar-refractivity contribution in [2.45, 2.75) is 33.1 Å². The van der Waals surface area contributed by atoms with Gasteiger partial charge in [0, 0.05) is 0 Å². The number of rotatable bonds is 2. The third-order valence-corrected chi connectivity index (χ3v) is 1.98.